The minimum atomic E-state index is 0.0220. The van der Waals surface area contributed by atoms with Crippen LogP contribution in [0, 0.1) is 5.92 Å². The van der Waals surface area contributed by atoms with Gasteiger partial charge in [-0.3, -0.25) is 0 Å². The van der Waals surface area contributed by atoms with Crippen molar-refractivity contribution >= 4 is 0 Å². The Kier molecular flexibility index (Phi) is 0.854. The van der Waals surface area contributed by atoms with Gasteiger partial charge in [0.2, 0.25) is 0 Å². The first-order valence-electron chi connectivity index (χ1n) is 3.79. The van der Waals surface area contributed by atoms with Crippen molar-refractivity contribution in [2.45, 2.75) is 31.5 Å². The molecule has 0 aliphatic carbocycles. The summed E-state index contributed by atoms with van der Waals surface area (Å²) in [6.07, 6.45) is 1.06. The van der Waals surface area contributed by atoms with E-state index in [4.69, 9.17) is 14.2 Å². The smallest absolute Gasteiger partial charge is 0.163 e. The van der Waals surface area contributed by atoms with E-state index >= 15 is 0 Å². The van der Waals surface area contributed by atoms with E-state index in [-0.39, 0.29) is 12.4 Å². The normalized spacial score (nSPS) is 63.9. The summed E-state index contributed by atoms with van der Waals surface area (Å²) in [6, 6.07) is 0. The van der Waals surface area contributed by atoms with Crippen LogP contribution in [0.15, 0.2) is 0 Å². The third kappa shape index (κ3) is 0.516. The average Bonchev–Trinajstić information content (AvgIpc) is 2.61. The minimum absolute atomic E-state index is 0.0220. The zero-order valence-electron chi connectivity index (χ0n) is 5.82. The lowest BCUT2D eigenvalue weighted by Gasteiger charge is -2.19. The van der Waals surface area contributed by atoms with Crippen molar-refractivity contribution in [3.63, 3.8) is 0 Å². The fraction of sp³-hybridized carbons (Fsp3) is 1.00. The Hall–Kier alpha value is -0.120. The summed E-state index contributed by atoms with van der Waals surface area (Å²) in [4.78, 5) is 0. The summed E-state index contributed by atoms with van der Waals surface area (Å²) in [5.41, 5.74) is 0. The van der Waals surface area contributed by atoms with E-state index in [0.717, 1.165) is 6.61 Å². The van der Waals surface area contributed by atoms with Gasteiger partial charge >= 0.3 is 0 Å². The quantitative estimate of drug-likeness (QED) is 0.451. The summed E-state index contributed by atoms with van der Waals surface area (Å²) in [5.74, 6) is 0.434. The van der Waals surface area contributed by atoms with Crippen LogP contribution in [0.1, 0.15) is 6.92 Å². The third-order valence-electron chi connectivity index (χ3n) is 2.61. The molecule has 0 saturated carbocycles. The Bertz CT molecular complexity index is 168. The number of fused-ring (bicyclic) bond motifs is 4. The fourth-order valence-electron chi connectivity index (χ4n) is 1.90. The van der Waals surface area contributed by atoms with Crippen LogP contribution in [0.2, 0.25) is 0 Å². The Labute approximate surface area is 59.3 Å². The predicted molar refractivity (Wildman–Crippen MR) is 32.4 cm³/mol. The van der Waals surface area contributed by atoms with Gasteiger partial charge < -0.3 is 14.2 Å². The number of ether oxygens (including phenoxy) is 3. The van der Waals surface area contributed by atoms with Crippen molar-refractivity contribution < 1.29 is 14.2 Å². The van der Waals surface area contributed by atoms with E-state index in [9.17, 15) is 0 Å². The highest BCUT2D eigenvalue weighted by Crippen LogP contribution is 2.44. The maximum Gasteiger partial charge on any atom is 0.163 e. The Morgan fingerprint density at radius 3 is 3.00 bits per heavy atom. The van der Waals surface area contributed by atoms with Crippen molar-refractivity contribution in [3.05, 3.63) is 0 Å². The molecule has 0 aromatic carbocycles. The molecule has 3 aliphatic rings. The van der Waals surface area contributed by atoms with Crippen molar-refractivity contribution in [3.8, 4) is 0 Å². The first-order chi connectivity index (χ1) is 4.86. The summed E-state index contributed by atoms with van der Waals surface area (Å²) in [5, 5.41) is 0. The van der Waals surface area contributed by atoms with Gasteiger partial charge in [-0.15, -0.1) is 0 Å². The minimum Gasteiger partial charge on any atom is -0.366 e. The van der Waals surface area contributed by atoms with Gasteiger partial charge in [-0.05, 0) is 0 Å². The van der Waals surface area contributed by atoms with Crippen LogP contribution in [0.4, 0.5) is 0 Å². The number of hydrogen-bond donors (Lipinski definition) is 0. The van der Waals surface area contributed by atoms with Crippen molar-refractivity contribution in [2.75, 3.05) is 6.61 Å². The Balaban J connectivity index is 1.91. The van der Waals surface area contributed by atoms with Crippen molar-refractivity contribution in [2.24, 2.45) is 5.92 Å². The second-order valence-electron chi connectivity index (χ2n) is 3.30. The maximum atomic E-state index is 5.52. The zero-order valence-corrected chi connectivity index (χ0v) is 5.82. The number of hydrogen-bond acceptors (Lipinski definition) is 3. The molecule has 3 heteroatoms. The molecule has 10 heavy (non-hydrogen) atoms. The van der Waals surface area contributed by atoms with Gasteiger partial charge in [0.05, 0.1) is 12.7 Å². The lowest BCUT2D eigenvalue weighted by Crippen LogP contribution is -2.33. The lowest BCUT2D eigenvalue weighted by atomic mass is 10.0. The van der Waals surface area contributed by atoms with Crippen LogP contribution in [0.3, 0.4) is 0 Å². The van der Waals surface area contributed by atoms with Crippen LogP contribution < -0.4 is 0 Å². The Morgan fingerprint density at radius 2 is 2.10 bits per heavy atom. The summed E-state index contributed by atoms with van der Waals surface area (Å²) in [7, 11) is 0. The van der Waals surface area contributed by atoms with Crippen molar-refractivity contribution in [1.82, 2.24) is 0 Å². The summed E-state index contributed by atoms with van der Waals surface area (Å²) in [6.45, 7) is 2.85. The van der Waals surface area contributed by atoms with Gasteiger partial charge in [-0.25, -0.2) is 0 Å². The number of rotatable bonds is 0. The standard InChI is InChI=1S/C7H10O3/c1-3-5-6(10-5)4-2-8-7(3)9-4/h3-7H,2H2,1H3/t3-,4+,5+,6-,7+/m0/s1. The van der Waals surface area contributed by atoms with Crippen LogP contribution in [-0.2, 0) is 14.2 Å². The molecule has 3 rings (SSSR count). The molecule has 0 amide bonds. The third-order valence-corrected chi connectivity index (χ3v) is 2.61. The van der Waals surface area contributed by atoms with Crippen LogP contribution in [-0.4, -0.2) is 31.2 Å². The highest BCUT2D eigenvalue weighted by Gasteiger charge is 2.59. The lowest BCUT2D eigenvalue weighted by molar-refractivity contribution is -0.105. The van der Waals surface area contributed by atoms with E-state index in [0.29, 0.717) is 18.1 Å². The average molecular weight is 142 g/mol. The number of epoxide rings is 1. The predicted octanol–water partition coefficient (Wildman–Crippen LogP) is 0.145. The molecule has 5 atom stereocenters. The molecule has 0 unspecified atom stereocenters. The molecular formula is C7H10O3. The molecule has 56 valence electrons. The SMILES string of the molecule is C[C@@H]1[C@@H]2OC[C@@H](O2)[C@@H]2O[C@H]12. The maximum absolute atomic E-state index is 5.52. The van der Waals surface area contributed by atoms with Crippen LogP contribution >= 0.6 is 0 Å². The highest BCUT2D eigenvalue weighted by molar-refractivity contribution is 5.02. The molecule has 0 aromatic rings. The summed E-state index contributed by atoms with van der Waals surface area (Å²) >= 11 is 0. The van der Waals surface area contributed by atoms with Gasteiger partial charge in [0.1, 0.15) is 12.2 Å². The molecule has 3 heterocycles. The van der Waals surface area contributed by atoms with E-state index in [1.165, 1.54) is 0 Å². The molecule has 3 aliphatic heterocycles. The molecule has 3 nitrogen and oxygen atoms in total. The van der Waals surface area contributed by atoms with E-state index < -0.39 is 0 Å². The molecule has 0 aromatic heterocycles. The largest absolute Gasteiger partial charge is 0.366 e. The van der Waals surface area contributed by atoms with E-state index in [1.54, 1.807) is 0 Å². The monoisotopic (exact) mass is 142 g/mol. The second kappa shape index (κ2) is 1.55. The van der Waals surface area contributed by atoms with Gasteiger partial charge in [-0.2, -0.15) is 0 Å². The topological polar surface area (TPSA) is 31.0 Å². The Morgan fingerprint density at radius 1 is 1.20 bits per heavy atom. The second-order valence-corrected chi connectivity index (χ2v) is 3.30. The molecule has 0 radical (unpaired) electrons. The van der Waals surface area contributed by atoms with Gasteiger partial charge in [0, 0.05) is 5.92 Å². The molecule has 2 bridgehead atoms. The fourth-order valence-corrected chi connectivity index (χ4v) is 1.90. The van der Waals surface area contributed by atoms with E-state index in [2.05, 4.69) is 6.92 Å². The molecule has 3 saturated heterocycles. The van der Waals surface area contributed by atoms with Gasteiger partial charge in [-0.1, -0.05) is 6.92 Å². The molecular weight excluding hydrogens is 132 g/mol. The first kappa shape index (κ1) is 5.52. The zero-order chi connectivity index (χ0) is 6.72. The van der Waals surface area contributed by atoms with Gasteiger partial charge in [0.25, 0.3) is 0 Å². The van der Waals surface area contributed by atoms with E-state index in [1.807, 2.05) is 0 Å². The molecule has 0 spiro atoms. The van der Waals surface area contributed by atoms with Gasteiger partial charge in [0.15, 0.2) is 6.29 Å². The molecule has 0 N–H and O–H groups in total. The highest BCUT2D eigenvalue weighted by atomic mass is 16.8. The summed E-state index contributed by atoms with van der Waals surface area (Å²) < 4.78 is 16.3. The van der Waals surface area contributed by atoms with Crippen molar-refractivity contribution in [1.29, 1.82) is 0 Å². The van der Waals surface area contributed by atoms with Crippen LogP contribution in [0.5, 0.6) is 0 Å². The molecule has 3 fully saturated rings. The van der Waals surface area contributed by atoms with Crippen LogP contribution in [0.25, 0.3) is 0 Å². The first-order valence-corrected chi connectivity index (χ1v) is 3.79.